The van der Waals surface area contributed by atoms with E-state index in [1.807, 2.05) is 87.7 Å². The monoisotopic (exact) mass is 484 g/mol. The van der Waals surface area contributed by atoms with E-state index in [4.69, 9.17) is 5.10 Å². The Balaban J connectivity index is 1.56. The third-order valence-electron chi connectivity index (χ3n) is 6.54. The zero-order valence-electron chi connectivity index (χ0n) is 20.3. The number of hydrogen-bond acceptors (Lipinski definition) is 4. The van der Waals surface area contributed by atoms with Crippen LogP contribution < -0.4 is 10.2 Å². The number of aromatic nitrogens is 2. The van der Waals surface area contributed by atoms with E-state index in [1.165, 1.54) is 0 Å². The fourth-order valence-electron chi connectivity index (χ4n) is 4.75. The summed E-state index contributed by atoms with van der Waals surface area (Å²) >= 11 is 1.57. The first-order chi connectivity index (χ1) is 16.8. The molecule has 2 aromatic carbocycles. The van der Waals surface area contributed by atoms with Crippen molar-refractivity contribution in [3.8, 4) is 10.6 Å². The van der Waals surface area contributed by atoms with E-state index in [2.05, 4.69) is 11.4 Å². The van der Waals surface area contributed by atoms with E-state index >= 15 is 0 Å². The quantitative estimate of drug-likeness (QED) is 0.420. The minimum Gasteiger partial charge on any atom is -0.350 e. The highest BCUT2D eigenvalue weighted by Crippen LogP contribution is 2.36. The second kappa shape index (κ2) is 8.82. The molecule has 0 saturated carbocycles. The third-order valence-corrected chi connectivity index (χ3v) is 7.44. The average Bonchev–Trinajstić information content (AvgIpc) is 3.49. The molecule has 3 heterocycles. The van der Waals surface area contributed by atoms with Gasteiger partial charge in [-0.2, -0.15) is 5.10 Å². The molecule has 0 bridgehead atoms. The van der Waals surface area contributed by atoms with Gasteiger partial charge >= 0.3 is 0 Å². The molecule has 1 atom stereocenters. The standard InChI is InChI=1S/C28H28N4O2S/c1-18-7-5-8-21(14-18)16-29-27(34)28(4)17-31-24(15-22(30-31)25-9-6-12-35-25)26(33)32(28)23-11-10-19(2)13-20(23)3/h5-15H,16-17H2,1-4H3,(H,29,34)/t28-/m0/s1. The first-order valence-electron chi connectivity index (χ1n) is 11.6. The number of carbonyl (C=O) groups excluding carboxylic acids is 2. The Labute approximate surface area is 209 Å². The minimum absolute atomic E-state index is 0.217. The Morgan fingerprint density at radius 2 is 1.86 bits per heavy atom. The maximum atomic E-state index is 14.0. The zero-order valence-corrected chi connectivity index (χ0v) is 21.1. The number of aryl methyl sites for hydroxylation is 3. The maximum Gasteiger partial charge on any atom is 0.277 e. The first kappa shape index (κ1) is 23.1. The number of amides is 2. The number of rotatable bonds is 5. The van der Waals surface area contributed by atoms with Crippen LogP contribution >= 0.6 is 11.3 Å². The fraction of sp³-hybridized carbons (Fsp3) is 0.250. The highest BCUT2D eigenvalue weighted by atomic mass is 32.1. The first-order valence-corrected chi connectivity index (χ1v) is 12.5. The van der Waals surface area contributed by atoms with Crippen molar-refractivity contribution in [3.63, 3.8) is 0 Å². The molecule has 0 saturated heterocycles. The summed E-state index contributed by atoms with van der Waals surface area (Å²) in [5.74, 6) is -0.446. The molecular formula is C28H28N4O2S. The van der Waals surface area contributed by atoms with Crippen molar-refractivity contribution in [3.05, 3.63) is 94.0 Å². The minimum atomic E-state index is -1.16. The normalized spacial score (nSPS) is 17.4. The number of nitrogens with one attached hydrogen (secondary N) is 1. The molecule has 1 N–H and O–H groups in total. The summed E-state index contributed by atoms with van der Waals surface area (Å²) in [4.78, 5) is 30.4. The van der Waals surface area contributed by atoms with Crippen molar-refractivity contribution in [1.29, 1.82) is 0 Å². The molecule has 35 heavy (non-hydrogen) atoms. The summed E-state index contributed by atoms with van der Waals surface area (Å²) in [7, 11) is 0. The van der Waals surface area contributed by atoms with Gasteiger partial charge in [0.15, 0.2) is 0 Å². The SMILES string of the molecule is Cc1cccc(CNC(=O)[C@]2(C)Cn3nc(-c4cccs4)cc3C(=O)N2c2ccc(C)cc2C)c1. The summed E-state index contributed by atoms with van der Waals surface area (Å²) < 4.78 is 1.68. The molecule has 2 aromatic heterocycles. The molecule has 1 aliphatic rings. The van der Waals surface area contributed by atoms with Gasteiger partial charge in [0.05, 0.1) is 11.4 Å². The van der Waals surface area contributed by atoms with Crippen molar-refractivity contribution >= 4 is 28.8 Å². The van der Waals surface area contributed by atoms with Crippen molar-refractivity contribution < 1.29 is 9.59 Å². The summed E-state index contributed by atoms with van der Waals surface area (Å²) in [6.45, 7) is 8.49. The molecule has 0 spiro atoms. The highest BCUT2D eigenvalue weighted by molar-refractivity contribution is 7.13. The van der Waals surface area contributed by atoms with Gasteiger partial charge in [-0.1, -0.05) is 53.6 Å². The molecule has 0 aliphatic carbocycles. The predicted octanol–water partition coefficient (Wildman–Crippen LogP) is 5.27. The van der Waals surface area contributed by atoms with Gasteiger partial charge in [-0.3, -0.25) is 19.2 Å². The smallest absolute Gasteiger partial charge is 0.277 e. The number of thiophene rings is 1. The molecule has 1 aliphatic heterocycles. The van der Waals surface area contributed by atoms with Gasteiger partial charge in [0.2, 0.25) is 5.91 Å². The van der Waals surface area contributed by atoms with E-state index in [0.717, 1.165) is 38.5 Å². The largest absolute Gasteiger partial charge is 0.350 e. The van der Waals surface area contributed by atoms with Crippen LogP contribution in [0.5, 0.6) is 0 Å². The molecule has 6 nitrogen and oxygen atoms in total. The molecule has 0 fully saturated rings. The Morgan fingerprint density at radius 3 is 2.57 bits per heavy atom. The molecule has 0 radical (unpaired) electrons. The van der Waals surface area contributed by atoms with Crippen LogP contribution in [0.2, 0.25) is 0 Å². The topological polar surface area (TPSA) is 67.2 Å². The van der Waals surface area contributed by atoms with Gasteiger partial charge in [0.1, 0.15) is 16.9 Å². The van der Waals surface area contributed by atoms with Crippen LogP contribution in [0.1, 0.15) is 39.7 Å². The van der Waals surface area contributed by atoms with Crippen molar-refractivity contribution in [2.45, 2.75) is 46.3 Å². The van der Waals surface area contributed by atoms with Crippen molar-refractivity contribution in [2.75, 3.05) is 4.90 Å². The summed E-state index contributed by atoms with van der Waals surface area (Å²) in [5, 5.41) is 9.78. The second-order valence-electron chi connectivity index (χ2n) is 9.43. The van der Waals surface area contributed by atoms with Crippen molar-refractivity contribution in [1.82, 2.24) is 15.1 Å². The van der Waals surface area contributed by atoms with Crippen LogP contribution in [0, 0.1) is 20.8 Å². The van der Waals surface area contributed by atoms with E-state index in [0.29, 0.717) is 12.2 Å². The fourth-order valence-corrected chi connectivity index (χ4v) is 5.44. The molecule has 2 amide bonds. The lowest BCUT2D eigenvalue weighted by molar-refractivity contribution is -0.126. The summed E-state index contributed by atoms with van der Waals surface area (Å²) in [5.41, 5.74) is 5.00. The number of hydrogen-bond donors (Lipinski definition) is 1. The van der Waals surface area contributed by atoms with Gasteiger partial charge in [-0.15, -0.1) is 11.3 Å². The predicted molar refractivity (Wildman–Crippen MR) is 140 cm³/mol. The lowest BCUT2D eigenvalue weighted by Gasteiger charge is -2.43. The summed E-state index contributed by atoms with van der Waals surface area (Å²) in [6.07, 6.45) is 0. The van der Waals surface area contributed by atoms with Gasteiger partial charge in [-0.25, -0.2) is 0 Å². The van der Waals surface area contributed by atoms with Crippen LogP contribution in [-0.4, -0.2) is 27.1 Å². The zero-order chi connectivity index (χ0) is 24.7. The van der Waals surface area contributed by atoms with Gasteiger partial charge in [-0.05, 0) is 62.4 Å². The van der Waals surface area contributed by atoms with E-state index in [9.17, 15) is 9.59 Å². The number of carbonyl (C=O) groups is 2. The number of nitrogens with zero attached hydrogens (tertiary/aromatic N) is 3. The van der Waals surface area contributed by atoms with Gasteiger partial charge in [0, 0.05) is 12.2 Å². The Kier molecular flexibility index (Phi) is 5.81. The number of fused-ring (bicyclic) bond motifs is 1. The van der Waals surface area contributed by atoms with Crippen LogP contribution in [0.4, 0.5) is 5.69 Å². The Bertz CT molecular complexity index is 1420. The lowest BCUT2D eigenvalue weighted by Crippen LogP contribution is -2.64. The van der Waals surface area contributed by atoms with Crippen LogP contribution in [0.25, 0.3) is 10.6 Å². The van der Waals surface area contributed by atoms with Crippen LogP contribution in [0.3, 0.4) is 0 Å². The van der Waals surface area contributed by atoms with Gasteiger partial charge in [0.25, 0.3) is 5.91 Å². The van der Waals surface area contributed by atoms with Crippen LogP contribution in [-0.2, 0) is 17.9 Å². The number of benzene rings is 2. The molecule has 4 aromatic rings. The van der Waals surface area contributed by atoms with E-state index in [1.54, 1.807) is 20.9 Å². The molecule has 5 rings (SSSR count). The lowest BCUT2D eigenvalue weighted by atomic mass is 9.92. The maximum absolute atomic E-state index is 14.0. The van der Waals surface area contributed by atoms with E-state index < -0.39 is 5.54 Å². The highest BCUT2D eigenvalue weighted by Gasteiger charge is 2.49. The molecule has 178 valence electrons. The Hall–Kier alpha value is -3.71. The summed E-state index contributed by atoms with van der Waals surface area (Å²) in [6, 6.07) is 19.8. The van der Waals surface area contributed by atoms with Gasteiger partial charge < -0.3 is 5.32 Å². The average molecular weight is 485 g/mol. The molecule has 0 unspecified atom stereocenters. The number of anilines is 1. The third kappa shape index (κ3) is 4.17. The second-order valence-corrected chi connectivity index (χ2v) is 10.4. The Morgan fingerprint density at radius 1 is 1.06 bits per heavy atom. The van der Waals surface area contributed by atoms with Crippen LogP contribution in [0.15, 0.2) is 66.0 Å². The molecular weight excluding hydrogens is 456 g/mol. The van der Waals surface area contributed by atoms with Crippen molar-refractivity contribution in [2.24, 2.45) is 0 Å². The molecule has 7 heteroatoms. The van der Waals surface area contributed by atoms with E-state index in [-0.39, 0.29) is 18.4 Å².